The molecule has 0 radical (unpaired) electrons. The van der Waals surface area contributed by atoms with E-state index in [-0.39, 0.29) is 17.6 Å². The fraction of sp³-hybridized carbons (Fsp3) is 0.375. The van der Waals surface area contributed by atoms with Crippen LogP contribution in [0.3, 0.4) is 0 Å². The van der Waals surface area contributed by atoms with Gasteiger partial charge in [-0.25, -0.2) is 0 Å². The van der Waals surface area contributed by atoms with Crippen LogP contribution in [0, 0.1) is 10.1 Å². The molecule has 1 N–H and O–H groups in total. The molecule has 0 unspecified atom stereocenters. The van der Waals surface area contributed by atoms with Crippen molar-refractivity contribution in [3.8, 4) is 0 Å². The van der Waals surface area contributed by atoms with Gasteiger partial charge in [-0.1, -0.05) is 0 Å². The van der Waals surface area contributed by atoms with Crippen LogP contribution in [0.4, 0.5) is 11.4 Å². The summed E-state index contributed by atoms with van der Waals surface area (Å²) in [6, 6.07) is 5.70. The zero-order valence-corrected chi connectivity index (χ0v) is 13.4. The van der Waals surface area contributed by atoms with E-state index in [1.165, 1.54) is 24.3 Å². The maximum Gasteiger partial charge on any atom is 0.269 e. The first-order valence-electron chi connectivity index (χ1n) is 7.82. The van der Waals surface area contributed by atoms with Crippen molar-refractivity contribution in [1.82, 2.24) is 15.1 Å². The van der Waals surface area contributed by atoms with Gasteiger partial charge in [0.25, 0.3) is 11.6 Å². The third-order valence-electron chi connectivity index (χ3n) is 4.15. The van der Waals surface area contributed by atoms with Crippen LogP contribution >= 0.6 is 0 Å². The number of hydrogen-bond donors (Lipinski definition) is 1. The van der Waals surface area contributed by atoms with Crippen LogP contribution in [-0.2, 0) is 7.05 Å². The Morgan fingerprint density at radius 2 is 2.12 bits per heavy atom. The summed E-state index contributed by atoms with van der Waals surface area (Å²) < 4.78 is 1.76. The Balaban J connectivity index is 1.62. The van der Waals surface area contributed by atoms with Gasteiger partial charge in [0, 0.05) is 50.1 Å². The topological polar surface area (TPSA) is 93.3 Å². The highest BCUT2D eigenvalue weighted by molar-refractivity contribution is 5.94. The Kier molecular flexibility index (Phi) is 4.45. The molecule has 1 fully saturated rings. The second kappa shape index (κ2) is 6.69. The number of non-ortho nitro benzene ring substituents is 1. The smallest absolute Gasteiger partial charge is 0.269 e. The molecule has 1 aliphatic heterocycles. The third-order valence-corrected chi connectivity index (χ3v) is 4.15. The maximum absolute atomic E-state index is 12.3. The average molecular weight is 329 g/mol. The number of piperidine rings is 1. The first-order chi connectivity index (χ1) is 11.5. The minimum atomic E-state index is -0.478. The molecule has 8 nitrogen and oxygen atoms in total. The summed E-state index contributed by atoms with van der Waals surface area (Å²) in [7, 11) is 1.88. The zero-order chi connectivity index (χ0) is 17.1. The highest BCUT2D eigenvalue weighted by Crippen LogP contribution is 2.19. The molecule has 1 saturated heterocycles. The van der Waals surface area contributed by atoms with E-state index >= 15 is 0 Å². The SMILES string of the molecule is Cn1cc(N2CCC[C@H](NC(=O)c3ccc([N+](=O)[O-])cc3)C2)cn1. The van der Waals surface area contributed by atoms with Gasteiger partial charge in [0.2, 0.25) is 0 Å². The van der Waals surface area contributed by atoms with Crippen molar-refractivity contribution < 1.29 is 9.72 Å². The number of nitro groups is 1. The molecule has 126 valence electrons. The van der Waals surface area contributed by atoms with Crippen LogP contribution < -0.4 is 10.2 Å². The van der Waals surface area contributed by atoms with Crippen LogP contribution in [0.1, 0.15) is 23.2 Å². The number of carbonyl (C=O) groups is 1. The molecule has 8 heteroatoms. The van der Waals surface area contributed by atoms with Gasteiger partial charge in [0.15, 0.2) is 0 Å². The molecule has 2 aromatic rings. The number of aromatic nitrogens is 2. The first-order valence-corrected chi connectivity index (χ1v) is 7.82. The van der Waals surface area contributed by atoms with Crippen LogP contribution in [-0.4, -0.2) is 39.7 Å². The summed E-state index contributed by atoms with van der Waals surface area (Å²) in [5.74, 6) is -0.206. The summed E-state index contributed by atoms with van der Waals surface area (Å²) in [6.45, 7) is 1.67. The Hall–Kier alpha value is -2.90. The van der Waals surface area contributed by atoms with Gasteiger partial charge in [-0.15, -0.1) is 0 Å². The van der Waals surface area contributed by atoms with Crippen LogP contribution in [0.2, 0.25) is 0 Å². The molecule has 2 heterocycles. The Morgan fingerprint density at radius 1 is 1.38 bits per heavy atom. The Morgan fingerprint density at radius 3 is 2.75 bits per heavy atom. The lowest BCUT2D eigenvalue weighted by atomic mass is 10.0. The molecule has 24 heavy (non-hydrogen) atoms. The van der Waals surface area contributed by atoms with E-state index in [1.807, 2.05) is 19.4 Å². The van der Waals surface area contributed by atoms with Gasteiger partial charge in [-0.3, -0.25) is 19.6 Å². The number of carbonyl (C=O) groups excluding carboxylic acids is 1. The molecule has 1 aromatic carbocycles. The lowest BCUT2D eigenvalue weighted by Gasteiger charge is -2.33. The number of nitro benzene ring substituents is 1. The van der Waals surface area contributed by atoms with Gasteiger partial charge in [0.1, 0.15) is 0 Å². The third kappa shape index (κ3) is 3.53. The minimum Gasteiger partial charge on any atom is -0.367 e. The van der Waals surface area contributed by atoms with Crippen molar-refractivity contribution in [3.05, 3.63) is 52.3 Å². The average Bonchev–Trinajstić information content (AvgIpc) is 3.02. The number of amides is 1. The van der Waals surface area contributed by atoms with Crippen molar-refractivity contribution >= 4 is 17.3 Å². The number of aryl methyl sites for hydroxylation is 1. The van der Waals surface area contributed by atoms with Crippen LogP contribution in [0.25, 0.3) is 0 Å². The highest BCUT2D eigenvalue weighted by Gasteiger charge is 2.23. The molecule has 0 saturated carbocycles. The number of benzene rings is 1. The lowest BCUT2D eigenvalue weighted by Crippen LogP contribution is -2.47. The van der Waals surface area contributed by atoms with Gasteiger partial charge in [-0.2, -0.15) is 5.10 Å². The molecule has 1 atom stereocenters. The summed E-state index contributed by atoms with van der Waals surface area (Å²) in [5, 5.41) is 17.9. The molecule has 3 rings (SSSR count). The van der Waals surface area contributed by atoms with E-state index < -0.39 is 4.92 Å². The van der Waals surface area contributed by atoms with Crippen LogP contribution in [0.5, 0.6) is 0 Å². The molecular formula is C16H19N5O3. The van der Waals surface area contributed by atoms with E-state index in [1.54, 1.807) is 4.68 Å². The van der Waals surface area contributed by atoms with Crippen LogP contribution in [0.15, 0.2) is 36.7 Å². The minimum absolute atomic E-state index is 0.0213. The number of nitrogens with one attached hydrogen (secondary N) is 1. The van der Waals surface area contributed by atoms with E-state index in [9.17, 15) is 14.9 Å². The molecular weight excluding hydrogens is 310 g/mol. The summed E-state index contributed by atoms with van der Waals surface area (Å²) in [6.07, 6.45) is 5.68. The standard InChI is InChI=1S/C16H19N5O3/c1-19-11-15(9-17-19)20-8-2-3-13(10-20)18-16(22)12-4-6-14(7-5-12)21(23)24/h4-7,9,11,13H,2-3,8,10H2,1H3,(H,18,22)/t13-/m0/s1. The molecule has 1 amide bonds. The molecule has 1 aliphatic rings. The second-order valence-corrected chi connectivity index (χ2v) is 5.93. The summed E-state index contributed by atoms with van der Waals surface area (Å²) in [4.78, 5) is 24.7. The lowest BCUT2D eigenvalue weighted by molar-refractivity contribution is -0.384. The predicted octanol–water partition coefficient (Wildman–Crippen LogP) is 1.73. The van der Waals surface area contributed by atoms with Gasteiger partial charge < -0.3 is 10.2 Å². The molecule has 1 aromatic heterocycles. The number of rotatable bonds is 4. The molecule has 0 spiro atoms. The summed E-state index contributed by atoms with van der Waals surface area (Å²) in [5.41, 5.74) is 1.46. The number of nitrogens with zero attached hydrogens (tertiary/aromatic N) is 4. The normalized spacial score (nSPS) is 17.5. The molecule has 0 bridgehead atoms. The van der Waals surface area contributed by atoms with E-state index in [4.69, 9.17) is 0 Å². The Bertz CT molecular complexity index is 740. The van der Waals surface area contributed by atoms with Crippen molar-refractivity contribution in [2.24, 2.45) is 7.05 Å². The quantitative estimate of drug-likeness (QED) is 0.681. The van der Waals surface area contributed by atoms with Crippen molar-refractivity contribution in [1.29, 1.82) is 0 Å². The van der Waals surface area contributed by atoms with E-state index in [0.29, 0.717) is 5.56 Å². The van der Waals surface area contributed by atoms with Crippen molar-refractivity contribution in [2.45, 2.75) is 18.9 Å². The fourth-order valence-corrected chi connectivity index (χ4v) is 2.90. The van der Waals surface area contributed by atoms with Gasteiger partial charge in [0.05, 0.1) is 16.8 Å². The van der Waals surface area contributed by atoms with Crippen molar-refractivity contribution in [3.63, 3.8) is 0 Å². The van der Waals surface area contributed by atoms with E-state index in [0.717, 1.165) is 31.6 Å². The highest BCUT2D eigenvalue weighted by atomic mass is 16.6. The largest absolute Gasteiger partial charge is 0.367 e. The summed E-state index contributed by atoms with van der Waals surface area (Å²) >= 11 is 0. The van der Waals surface area contributed by atoms with Gasteiger partial charge in [-0.05, 0) is 25.0 Å². The monoisotopic (exact) mass is 329 g/mol. The Labute approximate surface area is 139 Å². The zero-order valence-electron chi connectivity index (χ0n) is 13.4. The van der Waals surface area contributed by atoms with Crippen molar-refractivity contribution in [2.75, 3.05) is 18.0 Å². The molecule has 0 aliphatic carbocycles. The number of hydrogen-bond acceptors (Lipinski definition) is 5. The predicted molar refractivity (Wildman–Crippen MR) is 89.0 cm³/mol. The van der Waals surface area contributed by atoms with E-state index in [2.05, 4.69) is 15.3 Å². The maximum atomic E-state index is 12.3. The second-order valence-electron chi connectivity index (χ2n) is 5.93. The van der Waals surface area contributed by atoms with Gasteiger partial charge >= 0.3 is 0 Å². The first kappa shape index (κ1) is 16.0. The number of anilines is 1. The fourth-order valence-electron chi connectivity index (χ4n) is 2.90.